The standard InChI is InChI=1S/C22H23N3O2/c1-15(2)27-19-10-8-16(9-11-19)22(26)24-18-6-3-5-17(13-18)20-14-23-21-7-4-12-25(20)21/h3,5-6,8-11,13-15H,4,7,12H2,1-2H3,(H,24,26). The highest BCUT2D eigenvalue weighted by Gasteiger charge is 2.17. The molecule has 0 atom stereocenters. The van der Waals surface area contributed by atoms with Gasteiger partial charge < -0.3 is 14.6 Å². The fourth-order valence-corrected chi connectivity index (χ4v) is 3.41. The smallest absolute Gasteiger partial charge is 0.255 e. The van der Waals surface area contributed by atoms with Crippen LogP contribution in [0.4, 0.5) is 5.69 Å². The average Bonchev–Trinajstić information content (AvgIpc) is 3.25. The molecule has 5 heteroatoms. The van der Waals surface area contributed by atoms with Crippen LogP contribution >= 0.6 is 0 Å². The summed E-state index contributed by atoms with van der Waals surface area (Å²) in [4.78, 5) is 17.1. The van der Waals surface area contributed by atoms with Gasteiger partial charge in [0.1, 0.15) is 11.6 Å². The minimum Gasteiger partial charge on any atom is -0.491 e. The van der Waals surface area contributed by atoms with Crippen LogP contribution in [-0.2, 0) is 13.0 Å². The summed E-state index contributed by atoms with van der Waals surface area (Å²) >= 11 is 0. The van der Waals surface area contributed by atoms with Gasteiger partial charge in [0, 0.05) is 29.8 Å². The lowest BCUT2D eigenvalue weighted by atomic mass is 10.1. The first kappa shape index (κ1) is 17.3. The first-order valence-electron chi connectivity index (χ1n) is 9.33. The lowest BCUT2D eigenvalue weighted by Crippen LogP contribution is -2.12. The van der Waals surface area contributed by atoms with E-state index in [1.807, 2.05) is 50.4 Å². The van der Waals surface area contributed by atoms with Crippen molar-refractivity contribution in [2.45, 2.75) is 39.3 Å². The van der Waals surface area contributed by atoms with Gasteiger partial charge in [-0.25, -0.2) is 4.98 Å². The van der Waals surface area contributed by atoms with Crippen LogP contribution in [0.5, 0.6) is 5.75 Å². The van der Waals surface area contributed by atoms with Gasteiger partial charge in [-0.2, -0.15) is 0 Å². The molecule has 1 N–H and O–H groups in total. The van der Waals surface area contributed by atoms with Crippen LogP contribution in [0.25, 0.3) is 11.3 Å². The number of nitrogens with zero attached hydrogens (tertiary/aromatic N) is 2. The van der Waals surface area contributed by atoms with E-state index in [1.165, 1.54) is 0 Å². The molecule has 0 spiro atoms. The van der Waals surface area contributed by atoms with Crippen LogP contribution in [-0.4, -0.2) is 21.6 Å². The van der Waals surface area contributed by atoms with E-state index in [4.69, 9.17) is 4.74 Å². The molecule has 0 unspecified atom stereocenters. The molecule has 1 aromatic heterocycles. The number of ether oxygens (including phenoxy) is 1. The number of fused-ring (bicyclic) bond motifs is 1. The topological polar surface area (TPSA) is 56.1 Å². The minimum absolute atomic E-state index is 0.109. The second-order valence-electron chi connectivity index (χ2n) is 7.04. The molecule has 27 heavy (non-hydrogen) atoms. The third kappa shape index (κ3) is 3.72. The minimum atomic E-state index is -0.137. The Kier molecular flexibility index (Phi) is 4.67. The van der Waals surface area contributed by atoms with Crippen LogP contribution < -0.4 is 10.1 Å². The number of hydrogen-bond acceptors (Lipinski definition) is 3. The average molecular weight is 361 g/mol. The molecular formula is C22H23N3O2. The molecule has 5 nitrogen and oxygen atoms in total. The third-order valence-corrected chi connectivity index (χ3v) is 4.62. The summed E-state index contributed by atoms with van der Waals surface area (Å²) in [5.74, 6) is 1.77. The van der Waals surface area contributed by atoms with Gasteiger partial charge in [0.25, 0.3) is 5.91 Å². The third-order valence-electron chi connectivity index (χ3n) is 4.62. The summed E-state index contributed by atoms with van der Waals surface area (Å²) in [6, 6.07) is 15.1. The Morgan fingerprint density at radius 2 is 2.00 bits per heavy atom. The predicted octanol–water partition coefficient (Wildman–Crippen LogP) is 4.54. The van der Waals surface area contributed by atoms with Gasteiger partial charge in [-0.3, -0.25) is 4.79 Å². The molecule has 0 aliphatic carbocycles. The number of imidazole rings is 1. The van der Waals surface area contributed by atoms with Gasteiger partial charge >= 0.3 is 0 Å². The number of amides is 1. The van der Waals surface area contributed by atoms with Gasteiger partial charge in [-0.1, -0.05) is 12.1 Å². The number of rotatable bonds is 5. The second kappa shape index (κ2) is 7.27. The Labute approximate surface area is 159 Å². The number of hydrogen-bond donors (Lipinski definition) is 1. The van der Waals surface area contributed by atoms with Crippen LogP contribution in [0.15, 0.2) is 54.7 Å². The molecule has 3 aromatic rings. The van der Waals surface area contributed by atoms with Crippen LogP contribution in [0, 0.1) is 0 Å². The monoisotopic (exact) mass is 361 g/mol. The Bertz CT molecular complexity index is 958. The van der Waals surface area contributed by atoms with Gasteiger partial charge in [-0.15, -0.1) is 0 Å². The van der Waals surface area contributed by atoms with Crippen molar-refractivity contribution in [3.05, 3.63) is 66.1 Å². The van der Waals surface area contributed by atoms with Crippen LogP contribution in [0.2, 0.25) is 0 Å². The van der Waals surface area contributed by atoms with Crippen molar-refractivity contribution in [1.82, 2.24) is 9.55 Å². The van der Waals surface area contributed by atoms with Crippen molar-refractivity contribution in [3.63, 3.8) is 0 Å². The molecule has 138 valence electrons. The zero-order chi connectivity index (χ0) is 18.8. The van der Waals surface area contributed by atoms with Gasteiger partial charge in [-0.05, 0) is 56.7 Å². The second-order valence-corrected chi connectivity index (χ2v) is 7.04. The largest absolute Gasteiger partial charge is 0.491 e. The summed E-state index contributed by atoms with van der Waals surface area (Å²) < 4.78 is 7.88. The molecule has 2 aromatic carbocycles. The van der Waals surface area contributed by atoms with E-state index in [0.717, 1.165) is 47.9 Å². The van der Waals surface area contributed by atoms with Crippen molar-refractivity contribution in [2.75, 3.05) is 5.32 Å². The number of aromatic nitrogens is 2. The highest BCUT2D eigenvalue weighted by Crippen LogP contribution is 2.27. The Balaban J connectivity index is 1.50. The van der Waals surface area contributed by atoms with Gasteiger partial charge in [0.05, 0.1) is 18.0 Å². The van der Waals surface area contributed by atoms with E-state index in [2.05, 4.69) is 20.9 Å². The molecule has 0 saturated heterocycles. The number of aryl methyl sites for hydroxylation is 1. The molecular weight excluding hydrogens is 338 g/mol. The summed E-state index contributed by atoms with van der Waals surface area (Å²) in [6.07, 6.45) is 4.20. The molecule has 1 aliphatic rings. The number of benzene rings is 2. The van der Waals surface area contributed by atoms with Crippen molar-refractivity contribution in [2.24, 2.45) is 0 Å². The molecule has 0 fully saturated rings. The molecule has 1 amide bonds. The summed E-state index contributed by atoms with van der Waals surface area (Å²) in [7, 11) is 0. The van der Waals surface area contributed by atoms with E-state index in [-0.39, 0.29) is 12.0 Å². The zero-order valence-electron chi connectivity index (χ0n) is 15.6. The highest BCUT2D eigenvalue weighted by atomic mass is 16.5. The molecule has 0 radical (unpaired) electrons. The normalized spacial score (nSPS) is 12.9. The molecule has 0 saturated carbocycles. The maximum Gasteiger partial charge on any atom is 0.255 e. The van der Waals surface area contributed by atoms with E-state index in [1.54, 1.807) is 12.1 Å². The van der Waals surface area contributed by atoms with Gasteiger partial charge in [0.15, 0.2) is 0 Å². The number of anilines is 1. The van der Waals surface area contributed by atoms with Crippen molar-refractivity contribution >= 4 is 11.6 Å². The van der Waals surface area contributed by atoms with Crippen molar-refractivity contribution in [1.29, 1.82) is 0 Å². The fourth-order valence-electron chi connectivity index (χ4n) is 3.41. The highest BCUT2D eigenvalue weighted by molar-refractivity contribution is 6.04. The Morgan fingerprint density at radius 1 is 1.19 bits per heavy atom. The first-order chi connectivity index (χ1) is 13.1. The van der Waals surface area contributed by atoms with E-state index >= 15 is 0 Å². The maximum absolute atomic E-state index is 12.6. The van der Waals surface area contributed by atoms with Gasteiger partial charge in [0.2, 0.25) is 0 Å². The number of carbonyl (C=O) groups is 1. The zero-order valence-corrected chi connectivity index (χ0v) is 15.6. The first-order valence-corrected chi connectivity index (χ1v) is 9.33. The number of nitrogens with one attached hydrogen (secondary N) is 1. The van der Waals surface area contributed by atoms with E-state index in [0.29, 0.717) is 5.56 Å². The number of carbonyl (C=O) groups excluding carboxylic acids is 1. The SMILES string of the molecule is CC(C)Oc1ccc(C(=O)Nc2cccc(-c3cnc4n3CCC4)c2)cc1. The summed E-state index contributed by atoms with van der Waals surface area (Å²) in [5, 5.41) is 2.98. The molecule has 2 heterocycles. The molecule has 1 aliphatic heterocycles. The predicted molar refractivity (Wildman–Crippen MR) is 106 cm³/mol. The Hall–Kier alpha value is -3.08. The lowest BCUT2D eigenvalue weighted by molar-refractivity contribution is 0.102. The van der Waals surface area contributed by atoms with E-state index in [9.17, 15) is 4.79 Å². The molecule has 0 bridgehead atoms. The molecule has 4 rings (SSSR count). The quantitative estimate of drug-likeness (QED) is 0.726. The summed E-state index contributed by atoms with van der Waals surface area (Å²) in [5.41, 5.74) is 3.54. The maximum atomic E-state index is 12.6. The van der Waals surface area contributed by atoms with Crippen LogP contribution in [0.3, 0.4) is 0 Å². The Morgan fingerprint density at radius 3 is 2.78 bits per heavy atom. The van der Waals surface area contributed by atoms with Crippen molar-refractivity contribution < 1.29 is 9.53 Å². The fraction of sp³-hybridized carbons (Fsp3) is 0.273. The van der Waals surface area contributed by atoms with E-state index < -0.39 is 0 Å². The van der Waals surface area contributed by atoms with Crippen LogP contribution in [0.1, 0.15) is 36.5 Å². The lowest BCUT2D eigenvalue weighted by Gasteiger charge is -2.11. The summed E-state index contributed by atoms with van der Waals surface area (Å²) in [6.45, 7) is 4.96. The van der Waals surface area contributed by atoms with Crippen molar-refractivity contribution in [3.8, 4) is 17.0 Å².